The number of rotatable bonds is 5. The van der Waals surface area contributed by atoms with Crippen LogP contribution in [-0.4, -0.2) is 37.7 Å². The van der Waals surface area contributed by atoms with E-state index in [0.717, 1.165) is 11.8 Å². The van der Waals surface area contributed by atoms with Crippen LogP contribution in [0.1, 0.15) is 19.4 Å². The van der Waals surface area contributed by atoms with E-state index in [-0.39, 0.29) is 29.0 Å². The fraction of sp³-hybridized carbons (Fsp3) is 0.182. The number of hydrogen-bond acceptors (Lipinski definition) is 7. The zero-order valence-electron chi connectivity index (χ0n) is 17.1. The molecule has 158 valence electrons. The molecule has 0 spiro atoms. The molecule has 1 aromatic carbocycles. The van der Waals surface area contributed by atoms with Gasteiger partial charge in [-0.1, -0.05) is 30.0 Å². The number of carbonyl (C=O) groups is 1. The SMILES string of the molecule is COc1ccc(Oc2nc3ccccn3c(=O)c2/C=C2\SC(=S)N(C(C)C)C2=O)cc1. The van der Waals surface area contributed by atoms with Crippen molar-refractivity contribution in [1.82, 2.24) is 14.3 Å². The van der Waals surface area contributed by atoms with Crippen molar-refractivity contribution in [3.63, 3.8) is 0 Å². The van der Waals surface area contributed by atoms with E-state index in [2.05, 4.69) is 4.98 Å². The Balaban J connectivity index is 1.84. The Morgan fingerprint density at radius 3 is 2.45 bits per heavy atom. The average Bonchev–Trinajstić information content (AvgIpc) is 3.04. The van der Waals surface area contributed by atoms with Crippen LogP contribution in [0.2, 0.25) is 0 Å². The van der Waals surface area contributed by atoms with Crippen LogP contribution in [0.3, 0.4) is 0 Å². The lowest BCUT2D eigenvalue weighted by molar-refractivity contribution is -0.123. The molecule has 0 aliphatic carbocycles. The highest BCUT2D eigenvalue weighted by Crippen LogP contribution is 2.35. The summed E-state index contributed by atoms with van der Waals surface area (Å²) in [5.74, 6) is 1.03. The Labute approximate surface area is 188 Å². The van der Waals surface area contributed by atoms with Gasteiger partial charge < -0.3 is 9.47 Å². The van der Waals surface area contributed by atoms with E-state index >= 15 is 0 Å². The Bertz CT molecular complexity index is 1270. The summed E-state index contributed by atoms with van der Waals surface area (Å²) in [4.78, 5) is 32.5. The summed E-state index contributed by atoms with van der Waals surface area (Å²) >= 11 is 6.50. The summed E-state index contributed by atoms with van der Waals surface area (Å²) in [5, 5.41) is 0. The zero-order valence-corrected chi connectivity index (χ0v) is 18.7. The van der Waals surface area contributed by atoms with Crippen molar-refractivity contribution in [2.75, 3.05) is 7.11 Å². The first-order valence-corrected chi connectivity index (χ1v) is 10.7. The summed E-state index contributed by atoms with van der Waals surface area (Å²) in [6, 6.07) is 12.1. The van der Waals surface area contributed by atoms with E-state index in [1.54, 1.807) is 55.8 Å². The average molecular weight is 454 g/mol. The van der Waals surface area contributed by atoms with Crippen molar-refractivity contribution in [3.8, 4) is 17.4 Å². The maximum absolute atomic E-state index is 13.2. The van der Waals surface area contributed by atoms with Gasteiger partial charge >= 0.3 is 0 Å². The third kappa shape index (κ3) is 4.06. The van der Waals surface area contributed by atoms with Gasteiger partial charge in [0.2, 0.25) is 5.88 Å². The molecule has 0 N–H and O–H groups in total. The van der Waals surface area contributed by atoms with Crippen molar-refractivity contribution in [1.29, 1.82) is 0 Å². The number of aromatic nitrogens is 2. The molecule has 1 aliphatic heterocycles. The topological polar surface area (TPSA) is 73.1 Å². The van der Waals surface area contributed by atoms with Crippen LogP contribution in [0.15, 0.2) is 58.4 Å². The molecule has 0 saturated carbocycles. The van der Waals surface area contributed by atoms with Gasteiger partial charge in [0.25, 0.3) is 11.5 Å². The maximum atomic E-state index is 13.2. The largest absolute Gasteiger partial charge is 0.497 e. The number of methoxy groups -OCH3 is 1. The summed E-state index contributed by atoms with van der Waals surface area (Å²) in [6.07, 6.45) is 3.13. The maximum Gasteiger partial charge on any atom is 0.269 e. The number of thioether (sulfide) groups is 1. The number of pyridine rings is 1. The van der Waals surface area contributed by atoms with E-state index in [4.69, 9.17) is 21.7 Å². The van der Waals surface area contributed by atoms with E-state index in [1.165, 1.54) is 15.4 Å². The van der Waals surface area contributed by atoms with Gasteiger partial charge in [-0.25, -0.2) is 0 Å². The predicted octanol–water partition coefficient (Wildman–Crippen LogP) is 4.11. The third-order valence-electron chi connectivity index (χ3n) is 4.62. The molecule has 9 heteroatoms. The monoisotopic (exact) mass is 453 g/mol. The Morgan fingerprint density at radius 2 is 1.81 bits per heavy atom. The van der Waals surface area contributed by atoms with Gasteiger partial charge in [-0.05, 0) is 56.3 Å². The Hall–Kier alpha value is -3.17. The summed E-state index contributed by atoms with van der Waals surface area (Å²) in [7, 11) is 1.58. The predicted molar refractivity (Wildman–Crippen MR) is 125 cm³/mol. The highest BCUT2D eigenvalue weighted by molar-refractivity contribution is 8.26. The second-order valence-corrected chi connectivity index (χ2v) is 8.66. The van der Waals surface area contributed by atoms with Crippen molar-refractivity contribution in [2.24, 2.45) is 0 Å². The first-order valence-electron chi connectivity index (χ1n) is 9.49. The minimum Gasteiger partial charge on any atom is -0.497 e. The zero-order chi connectivity index (χ0) is 22.1. The van der Waals surface area contributed by atoms with Gasteiger partial charge in [-0.2, -0.15) is 4.98 Å². The number of carbonyl (C=O) groups excluding carboxylic acids is 1. The van der Waals surface area contributed by atoms with Crippen LogP contribution in [0, 0.1) is 0 Å². The molecule has 0 radical (unpaired) electrons. The van der Waals surface area contributed by atoms with Crippen molar-refractivity contribution >= 4 is 45.9 Å². The highest BCUT2D eigenvalue weighted by atomic mass is 32.2. The number of thiocarbonyl (C=S) groups is 1. The third-order valence-corrected chi connectivity index (χ3v) is 5.95. The second-order valence-electron chi connectivity index (χ2n) is 6.99. The van der Waals surface area contributed by atoms with E-state index in [9.17, 15) is 9.59 Å². The molecule has 7 nitrogen and oxygen atoms in total. The summed E-state index contributed by atoms with van der Waals surface area (Å²) in [6.45, 7) is 3.77. The van der Waals surface area contributed by atoms with Crippen LogP contribution in [0.4, 0.5) is 0 Å². The minimum atomic E-state index is -0.344. The second kappa shape index (κ2) is 8.52. The van der Waals surface area contributed by atoms with E-state index in [1.807, 2.05) is 13.8 Å². The quantitative estimate of drug-likeness (QED) is 0.425. The fourth-order valence-electron chi connectivity index (χ4n) is 3.10. The lowest BCUT2D eigenvalue weighted by atomic mass is 10.2. The van der Waals surface area contributed by atoms with E-state index in [0.29, 0.717) is 26.4 Å². The van der Waals surface area contributed by atoms with Gasteiger partial charge in [-0.3, -0.25) is 18.9 Å². The molecule has 0 unspecified atom stereocenters. The molecule has 1 amide bonds. The summed E-state index contributed by atoms with van der Waals surface area (Å²) in [5.41, 5.74) is 0.260. The molecule has 4 rings (SSSR count). The van der Waals surface area contributed by atoms with Crippen LogP contribution < -0.4 is 15.0 Å². The number of ether oxygens (including phenoxy) is 2. The number of fused-ring (bicyclic) bond motifs is 1. The van der Waals surface area contributed by atoms with Crippen molar-refractivity contribution < 1.29 is 14.3 Å². The number of nitrogens with zero attached hydrogens (tertiary/aromatic N) is 3. The normalized spacial score (nSPS) is 15.4. The lowest BCUT2D eigenvalue weighted by Crippen LogP contribution is -2.34. The van der Waals surface area contributed by atoms with Gasteiger partial charge in [0.1, 0.15) is 27.0 Å². The molecule has 31 heavy (non-hydrogen) atoms. The highest BCUT2D eigenvalue weighted by Gasteiger charge is 2.34. The van der Waals surface area contributed by atoms with E-state index < -0.39 is 0 Å². The first kappa shape index (κ1) is 21.1. The Morgan fingerprint density at radius 1 is 1.10 bits per heavy atom. The molecule has 1 saturated heterocycles. The first-order chi connectivity index (χ1) is 14.9. The molecule has 1 aliphatic rings. The van der Waals surface area contributed by atoms with Crippen molar-refractivity contribution in [2.45, 2.75) is 19.9 Å². The molecule has 1 fully saturated rings. The molecular weight excluding hydrogens is 434 g/mol. The number of hydrogen-bond donors (Lipinski definition) is 0. The number of benzene rings is 1. The molecule has 3 aromatic rings. The molecule has 2 aromatic heterocycles. The fourth-order valence-corrected chi connectivity index (χ4v) is 4.60. The van der Waals surface area contributed by atoms with Crippen LogP contribution in [0.5, 0.6) is 17.4 Å². The number of amides is 1. The summed E-state index contributed by atoms with van der Waals surface area (Å²) < 4.78 is 13.0. The minimum absolute atomic E-state index is 0.0794. The Kier molecular flexibility index (Phi) is 5.79. The molecule has 3 heterocycles. The molecule has 0 atom stereocenters. The van der Waals surface area contributed by atoms with Gasteiger partial charge in [0.15, 0.2) is 0 Å². The standard InChI is InChI=1S/C22H19N3O4S2/c1-13(2)25-21(27)17(31-22(25)30)12-16-19(29-15-9-7-14(28-3)8-10-15)23-18-6-4-5-11-24(18)20(16)26/h4-13H,1-3H3/b17-12-. The van der Waals surface area contributed by atoms with Crippen LogP contribution >= 0.6 is 24.0 Å². The van der Waals surface area contributed by atoms with Crippen LogP contribution in [-0.2, 0) is 4.79 Å². The smallest absolute Gasteiger partial charge is 0.269 e. The van der Waals surface area contributed by atoms with Gasteiger partial charge in [-0.15, -0.1) is 0 Å². The van der Waals surface area contributed by atoms with Gasteiger partial charge in [0, 0.05) is 12.2 Å². The molecular formula is C22H19N3O4S2. The van der Waals surface area contributed by atoms with Gasteiger partial charge in [0.05, 0.1) is 12.0 Å². The molecule has 0 bridgehead atoms. The lowest BCUT2D eigenvalue weighted by Gasteiger charge is -2.18. The van der Waals surface area contributed by atoms with Crippen LogP contribution in [0.25, 0.3) is 11.7 Å². The van der Waals surface area contributed by atoms with Crippen molar-refractivity contribution in [3.05, 3.63) is 69.5 Å².